The van der Waals surface area contributed by atoms with Gasteiger partial charge < -0.3 is 4.74 Å². The van der Waals surface area contributed by atoms with E-state index in [2.05, 4.69) is 10.5 Å². The van der Waals surface area contributed by atoms with E-state index in [0.717, 1.165) is 38.4 Å². The van der Waals surface area contributed by atoms with Crippen molar-refractivity contribution in [2.45, 2.75) is 32.0 Å². The van der Waals surface area contributed by atoms with Crippen molar-refractivity contribution in [1.29, 1.82) is 0 Å². The Balaban J connectivity index is 1.87. The summed E-state index contributed by atoms with van der Waals surface area (Å²) in [6.45, 7) is 1.66. The van der Waals surface area contributed by atoms with Crippen LogP contribution in [0.3, 0.4) is 0 Å². The van der Waals surface area contributed by atoms with Crippen molar-refractivity contribution < 1.29 is 22.7 Å². The molecule has 8 heteroatoms. The van der Waals surface area contributed by atoms with E-state index in [1.807, 2.05) is 4.90 Å². The fraction of sp³-hybridized carbons (Fsp3) is 0.500. The first-order chi connectivity index (χ1) is 11.4. The molecule has 1 saturated heterocycles. The number of hydrogen-bond acceptors (Lipinski definition) is 4. The lowest BCUT2D eigenvalue weighted by atomic mass is 10.0. The smallest absolute Gasteiger partial charge is 0.416 e. The predicted molar refractivity (Wildman–Crippen MR) is 81.2 cm³/mol. The Labute approximate surface area is 137 Å². The van der Waals surface area contributed by atoms with Crippen LogP contribution < -0.4 is 5.43 Å². The zero-order valence-corrected chi connectivity index (χ0v) is 13.0. The van der Waals surface area contributed by atoms with Crippen molar-refractivity contribution >= 4 is 11.8 Å². The minimum absolute atomic E-state index is 0.00961. The first-order valence-electron chi connectivity index (χ1n) is 7.85. The molecule has 1 fully saturated rings. The monoisotopic (exact) mass is 341 g/mol. The number of halogens is 3. The quantitative estimate of drug-likeness (QED) is 0.919. The van der Waals surface area contributed by atoms with Crippen LogP contribution in [0.5, 0.6) is 0 Å². The van der Waals surface area contributed by atoms with Crippen molar-refractivity contribution in [3.05, 3.63) is 34.9 Å². The summed E-state index contributed by atoms with van der Waals surface area (Å²) in [6.07, 6.45) is -1.29. The van der Waals surface area contributed by atoms with E-state index in [-0.39, 0.29) is 30.2 Å². The van der Waals surface area contributed by atoms with Crippen LogP contribution in [0.2, 0.25) is 0 Å². The van der Waals surface area contributed by atoms with Crippen molar-refractivity contribution in [3.8, 4) is 0 Å². The maximum absolute atomic E-state index is 13.4. The highest BCUT2D eigenvalue weighted by molar-refractivity contribution is 5.98. The number of nitrogens with zero attached hydrogens (tertiary/aromatic N) is 2. The molecule has 1 aromatic rings. The van der Waals surface area contributed by atoms with Gasteiger partial charge in [0, 0.05) is 12.1 Å². The predicted octanol–water partition coefficient (Wildman–Crippen LogP) is 2.50. The summed E-state index contributed by atoms with van der Waals surface area (Å²) in [5.74, 6) is -0.443. The lowest BCUT2D eigenvalue weighted by Crippen LogP contribution is -2.32. The second-order valence-electron chi connectivity index (χ2n) is 5.95. The summed E-state index contributed by atoms with van der Waals surface area (Å²) in [7, 11) is 0. The van der Waals surface area contributed by atoms with Gasteiger partial charge in [-0.2, -0.15) is 13.2 Å². The third-order valence-corrected chi connectivity index (χ3v) is 4.13. The molecule has 3 rings (SSSR count). The third kappa shape index (κ3) is 3.87. The van der Waals surface area contributed by atoms with Crippen LogP contribution in [-0.4, -0.2) is 36.4 Å². The van der Waals surface area contributed by atoms with Crippen LogP contribution in [-0.2, 0) is 22.3 Å². The zero-order valence-electron chi connectivity index (χ0n) is 13.0. The molecule has 1 amide bonds. The van der Waals surface area contributed by atoms with Crippen LogP contribution in [0.15, 0.2) is 23.3 Å². The van der Waals surface area contributed by atoms with Crippen LogP contribution in [0.25, 0.3) is 0 Å². The topological polar surface area (TPSA) is 53.9 Å². The number of rotatable bonds is 3. The van der Waals surface area contributed by atoms with Gasteiger partial charge in [-0.1, -0.05) is 12.5 Å². The van der Waals surface area contributed by atoms with Crippen LogP contribution >= 0.6 is 0 Å². The number of ether oxygens (including phenoxy) is 1. The number of hydrazone groups is 1. The maximum atomic E-state index is 13.4. The third-order valence-electron chi connectivity index (χ3n) is 4.13. The number of benzene rings is 1. The molecular formula is C16H18F3N3O2. The molecule has 0 aromatic heterocycles. The first kappa shape index (κ1) is 16.8. The number of piperidine rings is 1. The average molecular weight is 341 g/mol. The van der Waals surface area contributed by atoms with Crippen molar-refractivity contribution in [3.63, 3.8) is 0 Å². The van der Waals surface area contributed by atoms with E-state index in [9.17, 15) is 18.0 Å². The lowest BCUT2D eigenvalue weighted by Gasteiger charge is -2.27. The largest absolute Gasteiger partial charge is 0.466 e. The van der Waals surface area contributed by atoms with Crippen LogP contribution in [0.1, 0.15) is 36.0 Å². The molecule has 0 spiro atoms. The Hall–Kier alpha value is -2.09. The summed E-state index contributed by atoms with van der Waals surface area (Å²) in [5.41, 5.74) is 1.96. The van der Waals surface area contributed by atoms with Gasteiger partial charge in [0.25, 0.3) is 5.91 Å². The number of likely N-dealkylation sites (tertiary alicyclic amines) is 1. The number of hydrogen-bond donors (Lipinski definition) is 1. The molecule has 24 heavy (non-hydrogen) atoms. The highest BCUT2D eigenvalue weighted by Gasteiger charge is 2.34. The molecule has 1 N–H and O–H groups in total. The Bertz CT molecular complexity index is 652. The van der Waals surface area contributed by atoms with E-state index in [1.54, 1.807) is 6.07 Å². The molecule has 2 aliphatic heterocycles. The van der Waals surface area contributed by atoms with Gasteiger partial charge in [0.05, 0.1) is 5.56 Å². The van der Waals surface area contributed by atoms with Gasteiger partial charge in [0.15, 0.2) is 6.61 Å². The minimum atomic E-state index is -4.46. The van der Waals surface area contributed by atoms with Crippen LogP contribution in [0, 0.1) is 0 Å². The van der Waals surface area contributed by atoms with Gasteiger partial charge in [-0.3, -0.25) is 9.69 Å². The van der Waals surface area contributed by atoms with E-state index >= 15 is 0 Å². The molecule has 2 heterocycles. The molecule has 0 saturated carbocycles. The number of carbonyl (C=O) groups is 1. The second-order valence-corrected chi connectivity index (χ2v) is 5.95. The minimum Gasteiger partial charge on any atom is -0.466 e. The second kappa shape index (κ2) is 6.80. The van der Waals surface area contributed by atoms with Crippen LogP contribution in [0.4, 0.5) is 13.2 Å². The standard InChI is InChI=1S/C16H18F3N3O2/c17-16(18,19)13-8-11(15-21-20-14(23)10-24-15)4-5-12(13)9-22-6-2-1-3-7-22/h4-5,8H,1-3,6-7,9-10H2,(H,20,23). The number of amides is 1. The fourth-order valence-corrected chi connectivity index (χ4v) is 2.93. The van der Waals surface area contributed by atoms with Gasteiger partial charge in [-0.05, 0) is 43.6 Å². The Kier molecular flexibility index (Phi) is 4.75. The normalized spacial score (nSPS) is 19.5. The number of carbonyl (C=O) groups excluding carboxylic acids is 1. The van der Waals surface area contributed by atoms with Gasteiger partial charge in [-0.15, -0.1) is 5.10 Å². The summed E-state index contributed by atoms with van der Waals surface area (Å²) < 4.78 is 45.4. The Morgan fingerprint density at radius 3 is 2.58 bits per heavy atom. The highest BCUT2D eigenvalue weighted by atomic mass is 19.4. The average Bonchev–Trinajstić information content (AvgIpc) is 2.56. The summed E-state index contributed by atoms with van der Waals surface area (Å²) in [6, 6.07) is 4.05. The zero-order chi connectivity index (χ0) is 17.2. The van der Waals surface area contributed by atoms with Crippen molar-refractivity contribution in [2.75, 3.05) is 19.7 Å². The fourth-order valence-electron chi connectivity index (χ4n) is 2.93. The SMILES string of the molecule is O=C1COC(c2ccc(CN3CCCCC3)c(C(F)(F)F)c2)=NN1. The molecule has 0 atom stereocenters. The van der Waals surface area contributed by atoms with Gasteiger partial charge in [0.1, 0.15) is 0 Å². The molecule has 2 aliphatic rings. The Morgan fingerprint density at radius 2 is 1.96 bits per heavy atom. The van der Waals surface area contributed by atoms with E-state index in [0.29, 0.717) is 0 Å². The molecule has 0 radical (unpaired) electrons. The molecule has 0 bridgehead atoms. The molecule has 0 unspecified atom stereocenters. The van der Waals surface area contributed by atoms with Gasteiger partial charge in [0.2, 0.25) is 5.90 Å². The van der Waals surface area contributed by atoms with E-state index < -0.39 is 17.6 Å². The summed E-state index contributed by atoms with van der Waals surface area (Å²) >= 11 is 0. The Morgan fingerprint density at radius 1 is 1.21 bits per heavy atom. The van der Waals surface area contributed by atoms with E-state index in [4.69, 9.17) is 4.74 Å². The number of nitrogens with one attached hydrogen (secondary N) is 1. The summed E-state index contributed by atoms with van der Waals surface area (Å²) in [5, 5.41) is 3.67. The molecule has 1 aromatic carbocycles. The molecule has 0 aliphatic carbocycles. The first-order valence-corrected chi connectivity index (χ1v) is 7.85. The van der Waals surface area contributed by atoms with Gasteiger partial charge in [-0.25, -0.2) is 5.43 Å². The summed E-state index contributed by atoms with van der Waals surface area (Å²) in [4.78, 5) is 13.1. The molecule has 5 nitrogen and oxygen atoms in total. The van der Waals surface area contributed by atoms with E-state index in [1.165, 1.54) is 6.07 Å². The van der Waals surface area contributed by atoms with Gasteiger partial charge >= 0.3 is 6.18 Å². The molecular weight excluding hydrogens is 323 g/mol. The highest BCUT2D eigenvalue weighted by Crippen LogP contribution is 2.34. The maximum Gasteiger partial charge on any atom is 0.416 e. The number of alkyl halides is 3. The molecule has 130 valence electrons. The lowest BCUT2D eigenvalue weighted by molar-refractivity contribution is -0.138. The van der Waals surface area contributed by atoms with Crippen molar-refractivity contribution in [1.82, 2.24) is 10.3 Å². The van der Waals surface area contributed by atoms with Crippen molar-refractivity contribution in [2.24, 2.45) is 5.10 Å².